The zero-order chi connectivity index (χ0) is 21.2. The first-order chi connectivity index (χ1) is 13.7. The standard InChI is InChI=1S/C20H25ClN4O3S/c1-14(2)24(3)29(27,28)15-8-9-17(21)16(13-15)20(26)23-18-7-6-10-22-19(18)25-11-4-5-12-25/h6-10,13-14H,4-5,11-12H2,1-3H3,(H,23,26). The maximum Gasteiger partial charge on any atom is 0.257 e. The van der Waals surface area contributed by atoms with Crippen molar-refractivity contribution in [3.8, 4) is 0 Å². The molecule has 0 bridgehead atoms. The normalized spacial score (nSPS) is 14.6. The Morgan fingerprint density at radius 2 is 1.93 bits per heavy atom. The van der Waals surface area contributed by atoms with Crippen molar-refractivity contribution in [1.82, 2.24) is 9.29 Å². The van der Waals surface area contributed by atoms with Gasteiger partial charge in [-0.15, -0.1) is 0 Å². The molecule has 1 aliphatic heterocycles. The van der Waals surface area contributed by atoms with E-state index in [-0.39, 0.29) is 21.5 Å². The van der Waals surface area contributed by atoms with E-state index in [1.54, 1.807) is 32.2 Å². The van der Waals surface area contributed by atoms with E-state index >= 15 is 0 Å². The quantitative estimate of drug-likeness (QED) is 0.747. The van der Waals surface area contributed by atoms with Crippen LogP contribution in [0.5, 0.6) is 0 Å². The van der Waals surface area contributed by atoms with Gasteiger partial charge in [0, 0.05) is 32.4 Å². The average molecular weight is 437 g/mol. The third-order valence-corrected chi connectivity index (χ3v) is 7.39. The van der Waals surface area contributed by atoms with Gasteiger partial charge in [-0.2, -0.15) is 4.31 Å². The summed E-state index contributed by atoms with van der Waals surface area (Å²) in [6.45, 7) is 5.33. The summed E-state index contributed by atoms with van der Waals surface area (Å²) in [5.41, 5.74) is 0.671. The first kappa shape index (κ1) is 21.5. The van der Waals surface area contributed by atoms with Gasteiger partial charge in [0.05, 0.1) is 21.2 Å². The van der Waals surface area contributed by atoms with Gasteiger partial charge in [-0.25, -0.2) is 13.4 Å². The van der Waals surface area contributed by atoms with Crippen LogP contribution in [0.1, 0.15) is 37.0 Å². The van der Waals surface area contributed by atoms with Crippen molar-refractivity contribution in [3.05, 3.63) is 47.1 Å². The number of anilines is 2. The molecule has 0 atom stereocenters. The van der Waals surface area contributed by atoms with Crippen molar-refractivity contribution >= 4 is 39.0 Å². The molecule has 0 radical (unpaired) electrons. The molecule has 0 spiro atoms. The number of hydrogen-bond acceptors (Lipinski definition) is 5. The van der Waals surface area contributed by atoms with Crippen molar-refractivity contribution in [2.45, 2.75) is 37.6 Å². The fraction of sp³-hybridized carbons (Fsp3) is 0.400. The van der Waals surface area contributed by atoms with Crippen LogP contribution in [-0.2, 0) is 10.0 Å². The van der Waals surface area contributed by atoms with Crippen LogP contribution in [0.2, 0.25) is 5.02 Å². The lowest BCUT2D eigenvalue weighted by Crippen LogP contribution is -2.33. The van der Waals surface area contributed by atoms with Crippen LogP contribution in [0.3, 0.4) is 0 Å². The molecule has 1 N–H and O–H groups in total. The zero-order valence-electron chi connectivity index (χ0n) is 16.7. The highest BCUT2D eigenvalue weighted by molar-refractivity contribution is 7.89. The minimum Gasteiger partial charge on any atom is -0.355 e. The molecule has 2 aromatic rings. The Kier molecular flexibility index (Phi) is 6.45. The number of aromatic nitrogens is 1. The van der Waals surface area contributed by atoms with Crippen molar-refractivity contribution in [2.75, 3.05) is 30.4 Å². The smallest absolute Gasteiger partial charge is 0.257 e. The van der Waals surface area contributed by atoms with Crippen molar-refractivity contribution in [2.24, 2.45) is 0 Å². The van der Waals surface area contributed by atoms with Gasteiger partial charge in [0.25, 0.3) is 5.91 Å². The largest absolute Gasteiger partial charge is 0.355 e. The van der Waals surface area contributed by atoms with Gasteiger partial charge in [-0.1, -0.05) is 11.6 Å². The number of nitrogens with zero attached hydrogens (tertiary/aromatic N) is 3. The summed E-state index contributed by atoms with van der Waals surface area (Å²) < 4.78 is 26.8. The van der Waals surface area contributed by atoms with Crippen LogP contribution < -0.4 is 10.2 Å². The predicted molar refractivity (Wildman–Crippen MR) is 115 cm³/mol. The van der Waals surface area contributed by atoms with E-state index in [1.807, 2.05) is 0 Å². The fourth-order valence-electron chi connectivity index (χ4n) is 3.15. The first-order valence-corrected chi connectivity index (χ1v) is 11.3. The molecule has 1 aromatic heterocycles. The van der Waals surface area contributed by atoms with Gasteiger partial charge < -0.3 is 10.2 Å². The summed E-state index contributed by atoms with van der Waals surface area (Å²) in [6, 6.07) is 7.47. The van der Waals surface area contributed by atoms with Crippen LogP contribution in [0.25, 0.3) is 0 Å². The van der Waals surface area contributed by atoms with E-state index in [1.165, 1.54) is 29.6 Å². The molecule has 1 saturated heterocycles. The molecule has 156 valence electrons. The number of carbonyl (C=O) groups excluding carboxylic acids is 1. The van der Waals surface area contributed by atoms with Crippen LogP contribution in [-0.4, -0.2) is 49.8 Å². The number of rotatable bonds is 6. The zero-order valence-corrected chi connectivity index (χ0v) is 18.3. The van der Waals surface area contributed by atoms with E-state index < -0.39 is 15.9 Å². The molecule has 7 nitrogen and oxygen atoms in total. The maximum atomic E-state index is 12.9. The summed E-state index contributed by atoms with van der Waals surface area (Å²) in [6.07, 6.45) is 3.85. The summed E-state index contributed by atoms with van der Waals surface area (Å²) in [5, 5.41) is 3.02. The third kappa shape index (κ3) is 4.55. The number of sulfonamides is 1. The molecule has 2 heterocycles. The Hall–Kier alpha value is -2.16. The molecule has 29 heavy (non-hydrogen) atoms. The molecule has 0 aliphatic carbocycles. The highest BCUT2D eigenvalue weighted by Gasteiger charge is 2.25. The number of carbonyl (C=O) groups is 1. The highest BCUT2D eigenvalue weighted by atomic mass is 35.5. The van der Waals surface area contributed by atoms with Gasteiger partial charge in [-0.3, -0.25) is 4.79 Å². The number of nitrogens with one attached hydrogen (secondary N) is 1. The van der Waals surface area contributed by atoms with E-state index in [0.717, 1.165) is 25.9 Å². The molecular weight excluding hydrogens is 412 g/mol. The molecule has 1 amide bonds. The lowest BCUT2D eigenvalue weighted by Gasteiger charge is -2.22. The van der Waals surface area contributed by atoms with Gasteiger partial charge in [0.2, 0.25) is 10.0 Å². The van der Waals surface area contributed by atoms with Crippen LogP contribution in [0.15, 0.2) is 41.4 Å². The van der Waals surface area contributed by atoms with Crippen molar-refractivity contribution < 1.29 is 13.2 Å². The van der Waals surface area contributed by atoms with Gasteiger partial charge in [0.15, 0.2) is 5.82 Å². The van der Waals surface area contributed by atoms with E-state index in [4.69, 9.17) is 11.6 Å². The Balaban J connectivity index is 1.91. The Morgan fingerprint density at radius 1 is 1.24 bits per heavy atom. The number of benzene rings is 1. The molecule has 1 aliphatic rings. The van der Waals surface area contributed by atoms with Crippen molar-refractivity contribution in [3.63, 3.8) is 0 Å². The van der Waals surface area contributed by atoms with Gasteiger partial charge in [0.1, 0.15) is 0 Å². The summed E-state index contributed by atoms with van der Waals surface area (Å²) in [4.78, 5) is 19.5. The van der Waals surface area contributed by atoms with Gasteiger partial charge in [-0.05, 0) is 57.0 Å². The minimum atomic E-state index is -3.73. The lowest BCUT2D eigenvalue weighted by atomic mass is 10.2. The molecule has 3 rings (SSSR count). The molecule has 1 fully saturated rings. The molecule has 0 unspecified atom stereocenters. The summed E-state index contributed by atoms with van der Waals surface area (Å²) >= 11 is 6.22. The van der Waals surface area contributed by atoms with Crippen molar-refractivity contribution in [1.29, 1.82) is 0 Å². The van der Waals surface area contributed by atoms with Crippen LogP contribution >= 0.6 is 11.6 Å². The highest BCUT2D eigenvalue weighted by Crippen LogP contribution is 2.28. The Labute approximate surface area is 176 Å². The minimum absolute atomic E-state index is 0.0224. The topological polar surface area (TPSA) is 82.6 Å². The second kappa shape index (κ2) is 8.69. The molecular formula is C20H25ClN4O3S. The molecule has 0 saturated carbocycles. The van der Waals surface area contributed by atoms with Crippen LogP contribution in [0.4, 0.5) is 11.5 Å². The number of halogens is 1. The Bertz CT molecular complexity index is 1000. The van der Waals surface area contributed by atoms with E-state index in [0.29, 0.717) is 11.5 Å². The lowest BCUT2D eigenvalue weighted by molar-refractivity contribution is 0.102. The average Bonchev–Trinajstić information content (AvgIpc) is 3.22. The third-order valence-electron chi connectivity index (χ3n) is 5.03. The monoisotopic (exact) mass is 436 g/mol. The van der Waals surface area contributed by atoms with E-state index in [2.05, 4.69) is 15.2 Å². The predicted octanol–water partition coefficient (Wildman–Crippen LogP) is 3.62. The second-order valence-electron chi connectivity index (χ2n) is 7.28. The fourth-order valence-corrected chi connectivity index (χ4v) is 4.75. The summed E-state index contributed by atoms with van der Waals surface area (Å²) in [7, 11) is -2.22. The molecule has 9 heteroatoms. The SMILES string of the molecule is CC(C)N(C)S(=O)(=O)c1ccc(Cl)c(C(=O)Nc2cccnc2N2CCCC2)c1. The summed E-state index contributed by atoms with van der Waals surface area (Å²) in [5.74, 6) is 0.227. The number of hydrogen-bond donors (Lipinski definition) is 1. The second-order valence-corrected chi connectivity index (χ2v) is 9.68. The first-order valence-electron chi connectivity index (χ1n) is 9.50. The number of amides is 1. The Morgan fingerprint density at radius 3 is 2.59 bits per heavy atom. The number of pyridine rings is 1. The van der Waals surface area contributed by atoms with Crippen LogP contribution in [0, 0.1) is 0 Å². The van der Waals surface area contributed by atoms with Gasteiger partial charge >= 0.3 is 0 Å². The van der Waals surface area contributed by atoms with E-state index in [9.17, 15) is 13.2 Å². The maximum absolute atomic E-state index is 12.9. The molecule has 1 aromatic carbocycles.